The predicted octanol–water partition coefficient (Wildman–Crippen LogP) is 3.02. The van der Waals surface area contributed by atoms with E-state index in [4.69, 9.17) is 0 Å². The monoisotopic (exact) mass is 143 g/mol. The molecule has 0 saturated heterocycles. The maximum Gasteiger partial charge on any atom is 0.0825 e. The number of unbranched alkanes of at least 4 members (excludes halogenated alkanes) is 1. The first-order valence-corrected chi connectivity index (χ1v) is 4.43. The zero-order valence-corrected chi connectivity index (χ0v) is 7.23. The third-order valence-electron chi connectivity index (χ3n) is 2.07. The van der Waals surface area contributed by atoms with Crippen molar-refractivity contribution in [1.29, 1.82) is 0 Å². The summed E-state index contributed by atoms with van der Waals surface area (Å²) in [4.78, 5) is 0. The summed E-state index contributed by atoms with van der Waals surface area (Å²) in [6.07, 6.45) is 5.88. The number of hydrogen-bond donors (Lipinski definition) is 0. The summed E-state index contributed by atoms with van der Waals surface area (Å²) in [6.45, 7) is 4.49. The molecule has 0 saturated carbocycles. The van der Waals surface area contributed by atoms with Gasteiger partial charge in [0, 0.05) is 0 Å². The number of rotatable bonds is 6. The Morgan fingerprint density at radius 2 is 1.90 bits per heavy atom. The molecule has 0 fully saturated rings. The molecular weight excluding hydrogens is 124 g/mol. The van der Waals surface area contributed by atoms with E-state index in [0.29, 0.717) is 5.92 Å². The average molecular weight is 143 g/mol. The van der Waals surface area contributed by atoms with Crippen molar-refractivity contribution in [2.75, 3.05) is 6.61 Å². The van der Waals surface area contributed by atoms with Gasteiger partial charge in [-0.1, -0.05) is 39.5 Å². The molecule has 0 aliphatic rings. The minimum absolute atomic E-state index is 0.113. The van der Waals surface area contributed by atoms with Gasteiger partial charge in [0.1, 0.15) is 0 Å². The van der Waals surface area contributed by atoms with Gasteiger partial charge in [-0.2, -0.15) is 0 Å². The Morgan fingerprint density at radius 1 is 1.20 bits per heavy atom. The van der Waals surface area contributed by atoms with Gasteiger partial charge in [-0.05, 0) is 12.3 Å². The highest BCUT2D eigenvalue weighted by molar-refractivity contribution is 4.55. The van der Waals surface area contributed by atoms with Crippen LogP contribution in [-0.4, -0.2) is 6.61 Å². The molecule has 0 aromatic carbocycles. The van der Waals surface area contributed by atoms with Crippen LogP contribution in [0.15, 0.2) is 0 Å². The van der Waals surface area contributed by atoms with Crippen LogP contribution in [0.5, 0.6) is 0 Å². The molecule has 0 aliphatic carbocycles. The predicted molar refractivity (Wildman–Crippen MR) is 43.5 cm³/mol. The fourth-order valence-corrected chi connectivity index (χ4v) is 1.21. The van der Waals surface area contributed by atoms with E-state index in [1.165, 1.54) is 25.7 Å². The lowest BCUT2D eigenvalue weighted by molar-refractivity contribution is 0.166. The zero-order chi connectivity index (χ0) is 7.82. The van der Waals surface area contributed by atoms with Crippen LogP contribution >= 0.6 is 0 Å². The first kappa shape index (κ1) is 9.96. The quantitative estimate of drug-likeness (QED) is 0.544. The molecule has 1 unspecified atom stereocenters. The highest BCUT2D eigenvalue weighted by Gasteiger charge is 2.03. The van der Waals surface area contributed by atoms with Crippen LogP contribution in [0.2, 0.25) is 0 Å². The van der Waals surface area contributed by atoms with Crippen LogP contribution < -0.4 is 0 Å². The van der Waals surface area contributed by atoms with Crippen LogP contribution in [0.4, 0.5) is 0 Å². The molecule has 1 nitrogen and oxygen atoms in total. The Kier molecular flexibility index (Phi) is 7.04. The summed E-state index contributed by atoms with van der Waals surface area (Å²) in [5.41, 5.74) is 0. The molecule has 1 atom stereocenters. The summed E-state index contributed by atoms with van der Waals surface area (Å²) in [7, 11) is 0. The van der Waals surface area contributed by atoms with Crippen molar-refractivity contribution in [3.63, 3.8) is 0 Å². The van der Waals surface area contributed by atoms with Crippen molar-refractivity contribution in [3.05, 3.63) is 0 Å². The standard InChI is InChI=1S/C9H19O/c1-3-5-6-9(4-2)7-8-10/h9H,3-8H2,1-2H3. The summed E-state index contributed by atoms with van der Waals surface area (Å²) in [5.74, 6) is 0.706. The molecular formula is C9H19O. The van der Waals surface area contributed by atoms with Crippen molar-refractivity contribution in [1.82, 2.24) is 0 Å². The van der Waals surface area contributed by atoms with E-state index in [-0.39, 0.29) is 6.61 Å². The van der Waals surface area contributed by atoms with E-state index >= 15 is 0 Å². The summed E-state index contributed by atoms with van der Waals surface area (Å²) in [6, 6.07) is 0. The maximum atomic E-state index is 10.3. The van der Waals surface area contributed by atoms with Gasteiger partial charge in [0.2, 0.25) is 0 Å². The number of hydrogen-bond acceptors (Lipinski definition) is 0. The van der Waals surface area contributed by atoms with Gasteiger partial charge < -0.3 is 0 Å². The van der Waals surface area contributed by atoms with Crippen molar-refractivity contribution in [2.45, 2.75) is 46.0 Å². The highest BCUT2D eigenvalue weighted by Crippen LogP contribution is 2.15. The van der Waals surface area contributed by atoms with E-state index in [1.54, 1.807) is 0 Å². The lowest BCUT2D eigenvalue weighted by Crippen LogP contribution is -2.00. The first-order valence-electron chi connectivity index (χ1n) is 4.43. The van der Waals surface area contributed by atoms with Crippen LogP contribution in [0.1, 0.15) is 46.0 Å². The van der Waals surface area contributed by atoms with Crippen LogP contribution in [0, 0.1) is 5.92 Å². The molecule has 1 heteroatoms. The Morgan fingerprint density at radius 3 is 2.30 bits per heavy atom. The molecule has 0 aromatic heterocycles. The smallest absolute Gasteiger partial charge is 0.0825 e. The summed E-state index contributed by atoms with van der Waals surface area (Å²) < 4.78 is 0. The fourth-order valence-electron chi connectivity index (χ4n) is 1.21. The zero-order valence-electron chi connectivity index (χ0n) is 7.23. The third kappa shape index (κ3) is 4.80. The van der Waals surface area contributed by atoms with Gasteiger partial charge in [-0.15, -0.1) is 0 Å². The fraction of sp³-hybridized carbons (Fsp3) is 1.00. The normalized spacial score (nSPS) is 13.5. The topological polar surface area (TPSA) is 19.9 Å². The second-order valence-electron chi connectivity index (χ2n) is 2.91. The van der Waals surface area contributed by atoms with E-state index < -0.39 is 0 Å². The molecule has 0 bridgehead atoms. The van der Waals surface area contributed by atoms with Gasteiger partial charge in [0.25, 0.3) is 0 Å². The van der Waals surface area contributed by atoms with Crippen molar-refractivity contribution in [3.8, 4) is 0 Å². The minimum atomic E-state index is 0.113. The summed E-state index contributed by atoms with van der Waals surface area (Å²) >= 11 is 0. The molecule has 1 radical (unpaired) electrons. The first-order chi connectivity index (χ1) is 4.85. The molecule has 0 aromatic rings. The van der Waals surface area contributed by atoms with Gasteiger partial charge in [-0.3, -0.25) is 0 Å². The SMILES string of the molecule is CCCCC(CC)CC[O]. The second-order valence-corrected chi connectivity index (χ2v) is 2.91. The van der Waals surface area contributed by atoms with Crippen molar-refractivity contribution in [2.24, 2.45) is 5.92 Å². The van der Waals surface area contributed by atoms with Crippen LogP contribution in [-0.2, 0) is 5.11 Å². The Labute approximate surface area is 64.5 Å². The van der Waals surface area contributed by atoms with E-state index in [0.717, 1.165) is 6.42 Å². The molecule has 0 amide bonds. The Hall–Kier alpha value is -0.0400. The lowest BCUT2D eigenvalue weighted by atomic mass is 9.96. The Bertz CT molecular complexity index is 61.7. The van der Waals surface area contributed by atoms with Crippen LogP contribution in [0.25, 0.3) is 0 Å². The van der Waals surface area contributed by atoms with Crippen LogP contribution in [0.3, 0.4) is 0 Å². The third-order valence-corrected chi connectivity index (χ3v) is 2.07. The van der Waals surface area contributed by atoms with Crippen molar-refractivity contribution < 1.29 is 5.11 Å². The van der Waals surface area contributed by atoms with Crippen molar-refractivity contribution >= 4 is 0 Å². The highest BCUT2D eigenvalue weighted by atomic mass is 16.3. The Balaban J connectivity index is 3.21. The molecule has 0 rings (SSSR count). The van der Waals surface area contributed by atoms with Gasteiger partial charge in [0.05, 0.1) is 6.61 Å². The summed E-state index contributed by atoms with van der Waals surface area (Å²) in [5, 5.41) is 10.3. The average Bonchev–Trinajstić information content (AvgIpc) is 1.98. The maximum absolute atomic E-state index is 10.3. The van der Waals surface area contributed by atoms with E-state index in [1.807, 2.05) is 0 Å². The second kappa shape index (κ2) is 7.07. The molecule has 0 aliphatic heterocycles. The van der Waals surface area contributed by atoms with Gasteiger partial charge >= 0.3 is 0 Å². The molecule has 61 valence electrons. The van der Waals surface area contributed by atoms with E-state index in [9.17, 15) is 5.11 Å². The molecule has 10 heavy (non-hydrogen) atoms. The largest absolute Gasteiger partial charge is 0.237 e. The molecule has 0 spiro atoms. The lowest BCUT2D eigenvalue weighted by Gasteiger charge is -2.10. The van der Waals surface area contributed by atoms with Gasteiger partial charge in [0.15, 0.2) is 0 Å². The minimum Gasteiger partial charge on any atom is -0.237 e. The molecule has 0 N–H and O–H groups in total. The van der Waals surface area contributed by atoms with Gasteiger partial charge in [-0.25, -0.2) is 5.11 Å². The molecule has 0 heterocycles. The van der Waals surface area contributed by atoms with E-state index in [2.05, 4.69) is 13.8 Å².